The fourth-order valence-electron chi connectivity index (χ4n) is 2.76. The number of hydrogen-bond donors (Lipinski definition) is 1. The summed E-state index contributed by atoms with van der Waals surface area (Å²) in [6, 6.07) is 0. The zero-order valence-corrected chi connectivity index (χ0v) is 12.1. The smallest absolute Gasteiger partial charge is 0.0649 e. The van der Waals surface area contributed by atoms with Crippen molar-refractivity contribution >= 4 is 0 Å². The number of methoxy groups -OCH3 is 1. The molecule has 1 fully saturated rings. The first-order valence-corrected chi connectivity index (χ1v) is 7.18. The van der Waals surface area contributed by atoms with Gasteiger partial charge in [-0.2, -0.15) is 0 Å². The Hall–Kier alpha value is -0.0800. The molecular weight excluding hydrogens is 212 g/mol. The molecular formula is C15H30O2. The van der Waals surface area contributed by atoms with Crippen LogP contribution in [0.1, 0.15) is 72.1 Å². The van der Waals surface area contributed by atoms with E-state index in [1.807, 2.05) is 0 Å². The summed E-state index contributed by atoms with van der Waals surface area (Å²) >= 11 is 0. The summed E-state index contributed by atoms with van der Waals surface area (Å²) in [6.07, 6.45) is 8.71. The molecule has 0 aromatic rings. The summed E-state index contributed by atoms with van der Waals surface area (Å²) in [7, 11) is 1.75. The quantitative estimate of drug-likeness (QED) is 0.741. The monoisotopic (exact) mass is 242 g/mol. The SMILES string of the molecule is CCC1CCCC(O)(CCC(C)(C)OC)CC1. The van der Waals surface area contributed by atoms with E-state index in [1.165, 1.54) is 25.7 Å². The van der Waals surface area contributed by atoms with Crippen LogP contribution in [0.25, 0.3) is 0 Å². The molecule has 1 saturated carbocycles. The van der Waals surface area contributed by atoms with Crippen molar-refractivity contribution in [1.29, 1.82) is 0 Å². The number of ether oxygens (including phenoxy) is 1. The largest absolute Gasteiger partial charge is 0.390 e. The predicted octanol–water partition coefficient (Wildman–Crippen LogP) is 3.91. The number of rotatable bonds is 5. The molecule has 0 amide bonds. The molecule has 1 aliphatic rings. The van der Waals surface area contributed by atoms with Crippen LogP contribution in [0.4, 0.5) is 0 Å². The zero-order valence-electron chi connectivity index (χ0n) is 12.1. The van der Waals surface area contributed by atoms with Gasteiger partial charge >= 0.3 is 0 Å². The van der Waals surface area contributed by atoms with Crippen molar-refractivity contribution in [3.05, 3.63) is 0 Å². The van der Waals surface area contributed by atoms with Gasteiger partial charge in [0, 0.05) is 7.11 Å². The van der Waals surface area contributed by atoms with Gasteiger partial charge in [0.25, 0.3) is 0 Å². The van der Waals surface area contributed by atoms with Crippen LogP contribution < -0.4 is 0 Å². The van der Waals surface area contributed by atoms with E-state index >= 15 is 0 Å². The molecule has 1 rings (SSSR count). The molecule has 2 heteroatoms. The maximum atomic E-state index is 10.7. The zero-order chi connectivity index (χ0) is 12.9. The van der Waals surface area contributed by atoms with E-state index in [0.717, 1.165) is 31.6 Å². The van der Waals surface area contributed by atoms with Crippen molar-refractivity contribution in [2.45, 2.75) is 83.3 Å². The fourth-order valence-corrected chi connectivity index (χ4v) is 2.76. The number of hydrogen-bond acceptors (Lipinski definition) is 2. The van der Waals surface area contributed by atoms with Gasteiger partial charge in [0.15, 0.2) is 0 Å². The first-order valence-electron chi connectivity index (χ1n) is 7.18. The van der Waals surface area contributed by atoms with Crippen LogP contribution in [0, 0.1) is 5.92 Å². The maximum absolute atomic E-state index is 10.7. The Morgan fingerprint density at radius 3 is 2.59 bits per heavy atom. The highest BCUT2D eigenvalue weighted by atomic mass is 16.5. The van der Waals surface area contributed by atoms with E-state index in [0.29, 0.717) is 0 Å². The molecule has 1 N–H and O–H groups in total. The summed E-state index contributed by atoms with van der Waals surface area (Å²) in [5.41, 5.74) is -0.536. The Kier molecular flexibility index (Phi) is 5.46. The van der Waals surface area contributed by atoms with Gasteiger partial charge in [-0.1, -0.05) is 26.2 Å². The minimum atomic E-state index is -0.431. The molecule has 0 heterocycles. The van der Waals surface area contributed by atoms with Gasteiger partial charge in [-0.15, -0.1) is 0 Å². The van der Waals surface area contributed by atoms with Gasteiger partial charge < -0.3 is 9.84 Å². The van der Waals surface area contributed by atoms with Crippen LogP contribution in [0.5, 0.6) is 0 Å². The molecule has 17 heavy (non-hydrogen) atoms. The van der Waals surface area contributed by atoms with Gasteiger partial charge in [-0.25, -0.2) is 0 Å². The Balaban J connectivity index is 2.45. The van der Waals surface area contributed by atoms with E-state index in [4.69, 9.17) is 4.74 Å². The third kappa shape index (κ3) is 4.97. The molecule has 1 aliphatic carbocycles. The molecule has 0 saturated heterocycles. The van der Waals surface area contributed by atoms with E-state index in [-0.39, 0.29) is 5.60 Å². The Morgan fingerprint density at radius 1 is 1.29 bits per heavy atom. The van der Waals surface area contributed by atoms with E-state index in [2.05, 4.69) is 20.8 Å². The first kappa shape index (κ1) is 15.0. The lowest BCUT2D eigenvalue weighted by Crippen LogP contribution is -2.32. The highest BCUT2D eigenvalue weighted by molar-refractivity contribution is 4.85. The van der Waals surface area contributed by atoms with E-state index in [1.54, 1.807) is 7.11 Å². The third-order valence-corrected chi connectivity index (χ3v) is 4.59. The van der Waals surface area contributed by atoms with Gasteiger partial charge in [-0.05, 0) is 51.9 Å². The lowest BCUT2D eigenvalue weighted by molar-refractivity contribution is -0.0330. The van der Waals surface area contributed by atoms with Gasteiger partial charge in [0.1, 0.15) is 0 Å². The molecule has 102 valence electrons. The normalized spacial score (nSPS) is 31.2. The van der Waals surface area contributed by atoms with Gasteiger partial charge in [0.05, 0.1) is 11.2 Å². The molecule has 2 atom stereocenters. The maximum Gasteiger partial charge on any atom is 0.0649 e. The van der Waals surface area contributed by atoms with Crippen molar-refractivity contribution in [1.82, 2.24) is 0 Å². The van der Waals surface area contributed by atoms with Crippen LogP contribution in [0.2, 0.25) is 0 Å². The summed E-state index contributed by atoms with van der Waals surface area (Å²) in [4.78, 5) is 0. The van der Waals surface area contributed by atoms with Crippen molar-refractivity contribution in [2.24, 2.45) is 5.92 Å². The molecule has 0 bridgehead atoms. The molecule has 2 unspecified atom stereocenters. The number of aliphatic hydroxyl groups is 1. The average molecular weight is 242 g/mol. The second-order valence-electron chi connectivity index (χ2n) is 6.39. The van der Waals surface area contributed by atoms with Gasteiger partial charge in [0.2, 0.25) is 0 Å². The molecule has 0 radical (unpaired) electrons. The van der Waals surface area contributed by atoms with Crippen LogP contribution in [0.3, 0.4) is 0 Å². The summed E-state index contributed by atoms with van der Waals surface area (Å²) in [6.45, 7) is 6.47. The predicted molar refractivity (Wildman–Crippen MR) is 72.1 cm³/mol. The van der Waals surface area contributed by atoms with E-state index < -0.39 is 5.60 Å². The lowest BCUT2D eigenvalue weighted by Gasteiger charge is -2.31. The van der Waals surface area contributed by atoms with Crippen molar-refractivity contribution in [3.8, 4) is 0 Å². The van der Waals surface area contributed by atoms with E-state index in [9.17, 15) is 5.11 Å². The van der Waals surface area contributed by atoms with Crippen LogP contribution in [-0.4, -0.2) is 23.4 Å². The summed E-state index contributed by atoms with van der Waals surface area (Å²) in [5, 5.41) is 10.7. The molecule has 2 nitrogen and oxygen atoms in total. The van der Waals surface area contributed by atoms with Crippen molar-refractivity contribution < 1.29 is 9.84 Å². The van der Waals surface area contributed by atoms with Crippen molar-refractivity contribution in [2.75, 3.05) is 7.11 Å². The Labute approximate surface area is 107 Å². The van der Waals surface area contributed by atoms with Crippen LogP contribution in [-0.2, 0) is 4.74 Å². The van der Waals surface area contributed by atoms with Crippen LogP contribution in [0.15, 0.2) is 0 Å². The minimum Gasteiger partial charge on any atom is -0.390 e. The minimum absolute atomic E-state index is 0.105. The molecule has 0 aromatic carbocycles. The Morgan fingerprint density at radius 2 is 2.00 bits per heavy atom. The van der Waals surface area contributed by atoms with Crippen molar-refractivity contribution in [3.63, 3.8) is 0 Å². The standard InChI is InChI=1S/C15H30O2/c1-5-13-7-6-9-15(16,10-8-13)12-11-14(2,3)17-4/h13,16H,5-12H2,1-4H3. The Bertz CT molecular complexity index is 225. The molecule has 0 spiro atoms. The fraction of sp³-hybridized carbons (Fsp3) is 1.00. The molecule has 0 aromatic heterocycles. The topological polar surface area (TPSA) is 29.5 Å². The third-order valence-electron chi connectivity index (χ3n) is 4.59. The highest BCUT2D eigenvalue weighted by Crippen LogP contribution is 2.36. The summed E-state index contributed by atoms with van der Waals surface area (Å²) in [5.74, 6) is 0.833. The first-order chi connectivity index (χ1) is 7.91. The van der Waals surface area contributed by atoms with Gasteiger partial charge in [-0.3, -0.25) is 0 Å². The summed E-state index contributed by atoms with van der Waals surface area (Å²) < 4.78 is 5.44. The molecule has 0 aliphatic heterocycles. The average Bonchev–Trinajstić information content (AvgIpc) is 2.50. The second-order valence-corrected chi connectivity index (χ2v) is 6.39. The second kappa shape index (κ2) is 6.19. The van der Waals surface area contributed by atoms with Crippen LogP contribution >= 0.6 is 0 Å². The lowest BCUT2D eigenvalue weighted by atomic mass is 9.85. The highest BCUT2D eigenvalue weighted by Gasteiger charge is 2.32.